The van der Waals surface area contributed by atoms with Crippen LogP contribution in [-0.2, 0) is 20.7 Å². The number of carbonyl (C=O) groups excluding carboxylic acids is 2. The van der Waals surface area contributed by atoms with Gasteiger partial charge in [0, 0.05) is 46.4 Å². The van der Waals surface area contributed by atoms with Crippen LogP contribution >= 0.6 is 0 Å². The zero-order chi connectivity index (χ0) is 33.3. The first kappa shape index (κ1) is 31.0. The van der Waals surface area contributed by atoms with Crippen molar-refractivity contribution in [2.24, 2.45) is 17.8 Å². The minimum atomic E-state index is -1.62. The molecule has 8 heteroatoms. The monoisotopic (exact) mass is 628 g/mol. The number of benzene rings is 1. The summed E-state index contributed by atoms with van der Waals surface area (Å²) in [5.41, 5.74) is -0.519. The van der Waals surface area contributed by atoms with E-state index < -0.39 is 34.3 Å². The minimum Gasteiger partial charge on any atom is -0.507 e. The number of rotatable bonds is 6. The number of aromatic hydroxyl groups is 1. The quantitative estimate of drug-likeness (QED) is 0.257. The van der Waals surface area contributed by atoms with Crippen molar-refractivity contribution in [2.45, 2.75) is 115 Å². The van der Waals surface area contributed by atoms with Gasteiger partial charge in [-0.15, -0.1) is 0 Å². The summed E-state index contributed by atoms with van der Waals surface area (Å²) < 4.78 is 20.8. The molecule has 1 saturated heterocycles. The Morgan fingerprint density at radius 2 is 1.80 bits per heavy atom. The summed E-state index contributed by atoms with van der Waals surface area (Å²) in [6.07, 6.45) is 8.47. The number of ketones is 2. The highest BCUT2D eigenvalue weighted by Crippen LogP contribution is 2.69. The molecule has 8 rings (SSSR count). The highest BCUT2D eigenvalue weighted by atomic mass is 16.6. The summed E-state index contributed by atoms with van der Waals surface area (Å²) >= 11 is 0. The van der Waals surface area contributed by atoms with Crippen molar-refractivity contribution in [3.63, 3.8) is 0 Å². The SMILES string of the molecule is C=C(C)[C@H]1CC[C@@]2(C)C[C@@H]1c1c(O)c3c(c(CC=C(C)C)c1O2)O[C@]12C(=C[C@@H]4C[C@H]1C(C)(C)O[C@@]2(C/C=C(/C)C(=O)O)C4=O)C3=O. The van der Waals surface area contributed by atoms with Gasteiger partial charge in [-0.25, -0.2) is 4.79 Å². The van der Waals surface area contributed by atoms with Crippen LogP contribution in [0.5, 0.6) is 17.2 Å². The van der Waals surface area contributed by atoms with E-state index in [-0.39, 0.29) is 58.4 Å². The maximum Gasteiger partial charge on any atom is 0.330 e. The van der Waals surface area contributed by atoms with Gasteiger partial charge in [0.05, 0.1) is 5.60 Å². The average molecular weight is 629 g/mol. The topological polar surface area (TPSA) is 119 Å². The molecule has 4 aliphatic carbocycles. The van der Waals surface area contributed by atoms with Crippen LogP contribution in [0.2, 0.25) is 0 Å². The molecule has 0 radical (unpaired) electrons. The number of allylic oxidation sites excluding steroid dienone is 4. The molecule has 7 aliphatic rings. The third-order valence-corrected chi connectivity index (χ3v) is 11.8. The van der Waals surface area contributed by atoms with Crippen LogP contribution in [0, 0.1) is 17.8 Å². The molecule has 46 heavy (non-hydrogen) atoms. The standard InChI is InChI=1S/C38H44O8/c1-18(2)9-10-23-31-27(24-17-36(8,44-31)13-12-22(24)19(3)4)30(40)28-29(39)25-15-21-16-26-35(6,7)46-37(33(21)41,14-11-20(5)34(42)43)38(25,26)45-32(23)28/h9,11,15,21-22,24,26,40H,3,10,12-14,16-17H2,1-2,4-8H3,(H,42,43)/b20-11-/t21-,22-,24+,26+,36+,37+,38-/m1/s1. The molecule has 1 spiro atoms. The van der Waals surface area contributed by atoms with E-state index in [9.17, 15) is 24.6 Å². The Balaban J connectivity index is 1.52. The molecule has 2 N–H and O–H groups in total. The average Bonchev–Trinajstić information content (AvgIpc) is 3.11. The van der Waals surface area contributed by atoms with E-state index >= 15 is 0 Å². The fourth-order valence-corrected chi connectivity index (χ4v) is 9.66. The maximum atomic E-state index is 15.0. The number of phenolic OH excluding ortho intramolecular Hbond substituents is 1. The molecular formula is C38H44O8. The molecule has 3 fully saturated rings. The van der Waals surface area contributed by atoms with Gasteiger partial charge in [0.15, 0.2) is 22.8 Å². The maximum absolute atomic E-state index is 15.0. The summed E-state index contributed by atoms with van der Waals surface area (Å²) in [5, 5.41) is 21.8. The zero-order valence-electron chi connectivity index (χ0n) is 27.8. The third-order valence-electron chi connectivity index (χ3n) is 11.8. The summed E-state index contributed by atoms with van der Waals surface area (Å²) in [4.78, 5) is 41.1. The highest BCUT2D eigenvalue weighted by Gasteiger charge is 2.81. The lowest BCUT2D eigenvalue weighted by molar-refractivity contribution is -0.171. The fraction of sp³-hybridized carbons (Fsp3) is 0.553. The molecule has 1 aromatic rings. The smallest absolute Gasteiger partial charge is 0.330 e. The Hall–Kier alpha value is -3.65. The lowest BCUT2D eigenvalue weighted by atomic mass is 9.51. The van der Waals surface area contributed by atoms with Gasteiger partial charge in [-0.2, -0.15) is 0 Å². The number of hydrogen-bond acceptors (Lipinski definition) is 7. The minimum absolute atomic E-state index is 0.0580. The van der Waals surface area contributed by atoms with Gasteiger partial charge in [0.2, 0.25) is 0 Å². The summed E-state index contributed by atoms with van der Waals surface area (Å²) in [6.45, 7) is 17.7. The van der Waals surface area contributed by atoms with Crippen molar-refractivity contribution in [2.75, 3.05) is 0 Å². The second kappa shape index (κ2) is 9.69. The van der Waals surface area contributed by atoms with E-state index in [1.165, 1.54) is 13.0 Å². The molecule has 2 saturated carbocycles. The van der Waals surface area contributed by atoms with E-state index in [1.54, 1.807) is 6.08 Å². The Morgan fingerprint density at radius 1 is 1.09 bits per heavy atom. The van der Waals surface area contributed by atoms with E-state index in [0.717, 1.165) is 24.0 Å². The Kier molecular flexibility index (Phi) is 6.53. The molecule has 0 aromatic heterocycles. The number of Topliss-reactive ketones (excluding diaryl/α,β-unsaturated/α-hetero) is 2. The molecule has 1 aromatic carbocycles. The van der Waals surface area contributed by atoms with Gasteiger partial charge < -0.3 is 24.4 Å². The number of carboxylic acid groups (broad SMARTS) is 1. The van der Waals surface area contributed by atoms with Crippen LogP contribution in [0.25, 0.3) is 0 Å². The molecule has 8 nitrogen and oxygen atoms in total. The Bertz CT molecular complexity index is 1740. The van der Waals surface area contributed by atoms with Crippen LogP contribution in [-0.4, -0.2) is 50.2 Å². The van der Waals surface area contributed by atoms with Crippen molar-refractivity contribution < 1.29 is 38.8 Å². The molecular weight excluding hydrogens is 584 g/mol. The molecule has 6 bridgehead atoms. The lowest BCUT2D eigenvalue weighted by Gasteiger charge is -2.56. The number of phenols is 1. The van der Waals surface area contributed by atoms with Gasteiger partial charge >= 0.3 is 5.97 Å². The molecule has 3 aliphatic heterocycles. The highest BCUT2D eigenvalue weighted by molar-refractivity contribution is 6.18. The van der Waals surface area contributed by atoms with Crippen LogP contribution in [0.3, 0.4) is 0 Å². The molecule has 0 amide bonds. The largest absolute Gasteiger partial charge is 0.507 e. The Labute approximate surface area is 270 Å². The fourth-order valence-electron chi connectivity index (χ4n) is 9.66. The van der Waals surface area contributed by atoms with Crippen LogP contribution < -0.4 is 9.47 Å². The summed E-state index contributed by atoms with van der Waals surface area (Å²) in [7, 11) is 0. The summed E-state index contributed by atoms with van der Waals surface area (Å²) in [6, 6.07) is 0. The van der Waals surface area contributed by atoms with Gasteiger partial charge in [-0.05, 0) is 86.5 Å². The number of aliphatic carboxylic acids is 1. The Morgan fingerprint density at radius 3 is 2.46 bits per heavy atom. The number of ether oxygens (including phenoxy) is 3. The van der Waals surface area contributed by atoms with Crippen LogP contribution in [0.4, 0.5) is 0 Å². The number of hydrogen-bond donors (Lipinski definition) is 2. The zero-order valence-corrected chi connectivity index (χ0v) is 27.8. The molecule has 0 unspecified atom stereocenters. The second-order valence-corrected chi connectivity index (χ2v) is 15.5. The van der Waals surface area contributed by atoms with Crippen LogP contribution in [0.15, 0.2) is 47.1 Å². The first-order chi connectivity index (χ1) is 21.5. The molecule has 7 atom stereocenters. The predicted molar refractivity (Wildman–Crippen MR) is 171 cm³/mol. The first-order valence-corrected chi connectivity index (χ1v) is 16.5. The van der Waals surface area contributed by atoms with Gasteiger partial charge in [-0.3, -0.25) is 9.59 Å². The van der Waals surface area contributed by atoms with Crippen molar-refractivity contribution >= 4 is 17.5 Å². The van der Waals surface area contributed by atoms with E-state index in [4.69, 9.17) is 14.2 Å². The summed E-state index contributed by atoms with van der Waals surface area (Å²) in [5.74, 6) is -1.93. The van der Waals surface area contributed by atoms with E-state index in [1.807, 2.05) is 34.6 Å². The van der Waals surface area contributed by atoms with Gasteiger partial charge in [-0.1, -0.05) is 36.0 Å². The van der Waals surface area contributed by atoms with Crippen molar-refractivity contribution in [3.05, 3.63) is 63.8 Å². The molecule has 3 heterocycles. The van der Waals surface area contributed by atoms with Gasteiger partial charge in [0.25, 0.3) is 0 Å². The van der Waals surface area contributed by atoms with Gasteiger partial charge in [0.1, 0.15) is 28.4 Å². The van der Waals surface area contributed by atoms with Crippen molar-refractivity contribution in [3.8, 4) is 17.2 Å². The normalized spacial score (nSPS) is 36.1. The van der Waals surface area contributed by atoms with Crippen LogP contribution in [0.1, 0.15) is 108 Å². The van der Waals surface area contributed by atoms with Crippen molar-refractivity contribution in [1.29, 1.82) is 0 Å². The number of fused-ring (bicyclic) bond motifs is 5. The van der Waals surface area contributed by atoms with E-state index in [2.05, 4.69) is 19.6 Å². The lowest BCUT2D eigenvalue weighted by Crippen LogP contribution is -2.72. The molecule has 244 valence electrons. The predicted octanol–water partition coefficient (Wildman–Crippen LogP) is 6.94. The first-order valence-electron chi connectivity index (χ1n) is 16.5. The van der Waals surface area contributed by atoms with Crippen molar-refractivity contribution in [1.82, 2.24) is 0 Å². The third kappa shape index (κ3) is 3.85. The number of carboxylic acids is 1. The second-order valence-electron chi connectivity index (χ2n) is 15.5. The number of carbonyl (C=O) groups is 3. The van der Waals surface area contributed by atoms with E-state index in [0.29, 0.717) is 41.7 Å².